The number of Topliss-reactive ketones (excluding diaryl/α,β-unsaturated/α-hetero) is 1. The van der Waals surface area contributed by atoms with E-state index in [2.05, 4.69) is 0 Å². The van der Waals surface area contributed by atoms with Crippen LogP contribution >= 0.6 is 0 Å². The van der Waals surface area contributed by atoms with Gasteiger partial charge >= 0.3 is 0 Å². The van der Waals surface area contributed by atoms with E-state index in [1.165, 1.54) is 31.3 Å². The summed E-state index contributed by atoms with van der Waals surface area (Å²) in [6.45, 7) is 0. The monoisotopic (exact) mass is 148 g/mol. The number of carbonyl (C=O) groups excluding carboxylic acids is 1. The molecule has 0 aromatic carbocycles. The van der Waals surface area contributed by atoms with Crippen LogP contribution in [0.15, 0.2) is 11.1 Å². The van der Waals surface area contributed by atoms with Crippen LogP contribution in [0.2, 0.25) is 0 Å². The molecule has 1 nitrogen and oxygen atoms in total. The molecule has 0 radical (unpaired) electrons. The minimum Gasteiger partial charge on any atom is -0.294 e. The summed E-state index contributed by atoms with van der Waals surface area (Å²) < 4.78 is 0. The average molecular weight is 148 g/mol. The first-order valence-corrected chi connectivity index (χ1v) is 4.64. The highest BCUT2D eigenvalue weighted by Crippen LogP contribution is 2.52. The predicted molar refractivity (Wildman–Crippen MR) is 42.1 cm³/mol. The van der Waals surface area contributed by atoms with Gasteiger partial charge in [0.25, 0.3) is 0 Å². The number of allylic oxidation sites excluding steroid dienone is 2. The van der Waals surface area contributed by atoms with E-state index in [1.54, 1.807) is 5.57 Å². The van der Waals surface area contributed by atoms with Gasteiger partial charge in [-0.25, -0.2) is 0 Å². The fraction of sp³-hybridized carbons (Fsp3) is 0.700. The van der Waals surface area contributed by atoms with Gasteiger partial charge in [-0.2, -0.15) is 0 Å². The number of hydrogen-bond donors (Lipinski definition) is 0. The first-order chi connectivity index (χ1) is 5.38. The maximum Gasteiger partial charge on any atom is 0.162 e. The van der Waals surface area contributed by atoms with Crippen molar-refractivity contribution >= 4 is 5.78 Å². The van der Waals surface area contributed by atoms with Crippen LogP contribution in [0.3, 0.4) is 0 Å². The van der Waals surface area contributed by atoms with Crippen LogP contribution in [0.5, 0.6) is 0 Å². The van der Waals surface area contributed by atoms with Crippen molar-refractivity contribution in [2.45, 2.75) is 32.1 Å². The van der Waals surface area contributed by atoms with Crippen LogP contribution < -0.4 is 0 Å². The van der Waals surface area contributed by atoms with Gasteiger partial charge in [0.2, 0.25) is 0 Å². The second-order valence-electron chi connectivity index (χ2n) is 4.01. The number of ketones is 1. The van der Waals surface area contributed by atoms with Crippen molar-refractivity contribution in [2.24, 2.45) is 11.8 Å². The van der Waals surface area contributed by atoms with Gasteiger partial charge in [-0.05, 0) is 43.6 Å². The van der Waals surface area contributed by atoms with E-state index in [1.807, 2.05) is 0 Å². The number of carbonyl (C=O) groups is 1. The van der Waals surface area contributed by atoms with Gasteiger partial charge in [-0.1, -0.05) is 5.57 Å². The van der Waals surface area contributed by atoms with Gasteiger partial charge in [0.1, 0.15) is 0 Å². The molecule has 2 saturated carbocycles. The molecule has 2 fully saturated rings. The molecule has 11 heavy (non-hydrogen) atoms. The number of hydrogen-bond acceptors (Lipinski definition) is 1. The lowest BCUT2D eigenvalue weighted by atomic mass is 9.88. The zero-order chi connectivity index (χ0) is 7.42. The molecule has 0 spiro atoms. The third-order valence-corrected chi connectivity index (χ3v) is 3.62. The van der Waals surface area contributed by atoms with Crippen molar-refractivity contribution in [2.75, 3.05) is 0 Å². The summed E-state index contributed by atoms with van der Waals surface area (Å²) in [6, 6.07) is 0. The Morgan fingerprint density at radius 1 is 1.09 bits per heavy atom. The molecule has 0 amide bonds. The second kappa shape index (κ2) is 1.77. The highest BCUT2D eigenvalue weighted by atomic mass is 16.1. The Morgan fingerprint density at radius 2 is 2.00 bits per heavy atom. The molecule has 0 heterocycles. The Kier molecular flexibility index (Phi) is 0.961. The fourth-order valence-corrected chi connectivity index (χ4v) is 3.17. The quantitative estimate of drug-likeness (QED) is 0.514. The Labute approximate surface area is 66.5 Å². The summed E-state index contributed by atoms with van der Waals surface area (Å²) in [5, 5.41) is 0. The Balaban J connectivity index is 2.16. The van der Waals surface area contributed by atoms with Gasteiger partial charge < -0.3 is 0 Å². The van der Waals surface area contributed by atoms with Gasteiger partial charge in [-0.3, -0.25) is 4.79 Å². The van der Waals surface area contributed by atoms with Crippen molar-refractivity contribution in [3.63, 3.8) is 0 Å². The molecule has 2 atom stereocenters. The zero-order valence-corrected chi connectivity index (χ0v) is 6.60. The smallest absolute Gasteiger partial charge is 0.162 e. The van der Waals surface area contributed by atoms with E-state index in [9.17, 15) is 4.79 Å². The topological polar surface area (TPSA) is 17.1 Å². The van der Waals surface area contributed by atoms with Crippen molar-refractivity contribution < 1.29 is 4.79 Å². The molecule has 0 N–H and O–H groups in total. The molecule has 2 bridgehead atoms. The molecule has 0 aromatic rings. The van der Waals surface area contributed by atoms with E-state index in [0.29, 0.717) is 17.6 Å². The van der Waals surface area contributed by atoms with E-state index < -0.39 is 0 Å². The van der Waals surface area contributed by atoms with Gasteiger partial charge in [0.05, 0.1) is 0 Å². The third kappa shape index (κ3) is 0.559. The van der Waals surface area contributed by atoms with Crippen LogP contribution in [0, 0.1) is 11.8 Å². The van der Waals surface area contributed by atoms with Crippen molar-refractivity contribution in [3.8, 4) is 0 Å². The summed E-state index contributed by atoms with van der Waals surface area (Å²) in [5.74, 6) is 1.68. The van der Waals surface area contributed by atoms with Crippen LogP contribution in [0.25, 0.3) is 0 Å². The zero-order valence-electron chi connectivity index (χ0n) is 6.60. The van der Waals surface area contributed by atoms with Crippen molar-refractivity contribution in [3.05, 3.63) is 11.1 Å². The Morgan fingerprint density at radius 3 is 2.82 bits per heavy atom. The second-order valence-corrected chi connectivity index (χ2v) is 4.01. The SMILES string of the molecule is O=C1C2=C3CCCC3C1CC2. The van der Waals surface area contributed by atoms with Crippen LogP contribution in [-0.4, -0.2) is 5.78 Å². The lowest BCUT2D eigenvalue weighted by Crippen LogP contribution is -2.11. The molecule has 3 aliphatic carbocycles. The minimum absolute atomic E-state index is 0.447. The summed E-state index contributed by atoms with van der Waals surface area (Å²) in [4.78, 5) is 11.5. The van der Waals surface area contributed by atoms with Crippen LogP contribution in [0.1, 0.15) is 32.1 Å². The lowest BCUT2D eigenvalue weighted by molar-refractivity contribution is -0.117. The Hall–Kier alpha value is -0.590. The standard InChI is InChI=1S/C10H12O/c11-10-8-4-5-9(10)7-3-1-2-6(7)8/h6,8H,1-5H2. The van der Waals surface area contributed by atoms with E-state index in [-0.39, 0.29) is 0 Å². The molecule has 0 aromatic heterocycles. The fourth-order valence-electron chi connectivity index (χ4n) is 3.17. The number of rotatable bonds is 0. The van der Waals surface area contributed by atoms with E-state index in [0.717, 1.165) is 6.42 Å². The lowest BCUT2D eigenvalue weighted by Gasteiger charge is -2.14. The molecule has 0 saturated heterocycles. The summed E-state index contributed by atoms with van der Waals surface area (Å²) in [5.41, 5.74) is 2.81. The molecular weight excluding hydrogens is 136 g/mol. The van der Waals surface area contributed by atoms with Crippen molar-refractivity contribution in [1.82, 2.24) is 0 Å². The first-order valence-electron chi connectivity index (χ1n) is 4.64. The van der Waals surface area contributed by atoms with Crippen molar-refractivity contribution in [1.29, 1.82) is 0 Å². The maximum atomic E-state index is 11.5. The van der Waals surface area contributed by atoms with Crippen LogP contribution in [-0.2, 0) is 4.79 Å². The van der Waals surface area contributed by atoms with E-state index >= 15 is 0 Å². The van der Waals surface area contributed by atoms with E-state index in [4.69, 9.17) is 0 Å². The number of fused-ring (bicyclic) bond motifs is 4. The summed E-state index contributed by atoms with van der Waals surface area (Å²) in [6.07, 6.45) is 6.16. The highest BCUT2D eigenvalue weighted by Gasteiger charge is 2.47. The molecular formula is C10H12O. The Bertz CT molecular complexity index is 262. The van der Waals surface area contributed by atoms with Gasteiger partial charge in [0.15, 0.2) is 5.78 Å². The highest BCUT2D eigenvalue weighted by molar-refractivity contribution is 6.03. The largest absolute Gasteiger partial charge is 0.294 e. The molecule has 3 rings (SSSR count). The molecule has 1 heteroatoms. The molecule has 0 aliphatic heterocycles. The van der Waals surface area contributed by atoms with Gasteiger partial charge in [0, 0.05) is 5.92 Å². The first kappa shape index (κ1) is 5.99. The predicted octanol–water partition coefficient (Wildman–Crippen LogP) is 2.08. The molecule has 58 valence electrons. The van der Waals surface area contributed by atoms with Gasteiger partial charge in [-0.15, -0.1) is 0 Å². The summed E-state index contributed by atoms with van der Waals surface area (Å²) >= 11 is 0. The maximum absolute atomic E-state index is 11.5. The summed E-state index contributed by atoms with van der Waals surface area (Å²) in [7, 11) is 0. The third-order valence-electron chi connectivity index (χ3n) is 3.62. The van der Waals surface area contributed by atoms with Crippen LogP contribution in [0.4, 0.5) is 0 Å². The minimum atomic E-state index is 0.447. The molecule has 2 unspecified atom stereocenters. The molecule has 3 aliphatic rings. The normalized spacial score (nSPS) is 40.5. The average Bonchev–Trinajstić information content (AvgIpc) is 2.61.